The average Bonchev–Trinajstić information content (AvgIpc) is 2.11. The molecule has 15 heavy (non-hydrogen) atoms. The average molecular weight is 397 g/mol. The fourth-order valence-electron chi connectivity index (χ4n) is 1.24. The van der Waals surface area contributed by atoms with Gasteiger partial charge in [0.15, 0.2) is 0 Å². The van der Waals surface area contributed by atoms with Crippen molar-refractivity contribution in [2.24, 2.45) is 11.7 Å². The van der Waals surface area contributed by atoms with E-state index >= 15 is 0 Å². The molecule has 1 unspecified atom stereocenters. The van der Waals surface area contributed by atoms with Crippen LogP contribution in [0.5, 0.6) is 0 Å². The van der Waals surface area contributed by atoms with Gasteiger partial charge in [0.25, 0.3) is 0 Å². The van der Waals surface area contributed by atoms with Crippen LogP contribution in [0.25, 0.3) is 0 Å². The first-order valence-corrected chi connectivity index (χ1v) is 4.50. The minimum atomic E-state index is -1.82. The van der Waals surface area contributed by atoms with Crippen molar-refractivity contribution in [1.82, 2.24) is 0 Å². The van der Waals surface area contributed by atoms with Crippen molar-refractivity contribution in [2.45, 2.75) is 31.7 Å². The summed E-state index contributed by atoms with van der Waals surface area (Å²) in [7, 11) is 0. The van der Waals surface area contributed by atoms with E-state index in [1.165, 1.54) is 25.7 Å². The van der Waals surface area contributed by atoms with Crippen molar-refractivity contribution in [1.29, 1.82) is 0 Å². The van der Waals surface area contributed by atoms with Crippen molar-refractivity contribution in [2.75, 3.05) is 0 Å². The van der Waals surface area contributed by atoms with Crippen LogP contribution in [0.3, 0.4) is 0 Å². The first kappa shape index (κ1) is 16.9. The summed E-state index contributed by atoms with van der Waals surface area (Å²) in [5.74, 6) is -3.12. The SMILES string of the molecule is O=C(O)C(=O)O.[CH2+]C1CCCC[C@H]1N.[Pt]. The second-order valence-corrected chi connectivity index (χ2v) is 3.32. The molecule has 0 bridgehead atoms. The molecule has 0 saturated heterocycles. The van der Waals surface area contributed by atoms with Gasteiger partial charge in [-0.05, 0) is 19.3 Å². The molecule has 90 valence electrons. The van der Waals surface area contributed by atoms with Gasteiger partial charge < -0.3 is 15.9 Å². The summed E-state index contributed by atoms with van der Waals surface area (Å²) in [5, 5.41) is 14.8. The van der Waals surface area contributed by atoms with Gasteiger partial charge >= 0.3 is 11.9 Å². The molecule has 1 aliphatic carbocycles. The van der Waals surface area contributed by atoms with Crippen LogP contribution in [0.4, 0.5) is 0 Å². The molecule has 1 aliphatic rings. The summed E-state index contributed by atoms with van der Waals surface area (Å²) in [6.07, 6.45) is 5.07. The van der Waals surface area contributed by atoms with E-state index in [-0.39, 0.29) is 21.1 Å². The van der Waals surface area contributed by atoms with Crippen LogP contribution in [0, 0.1) is 12.8 Å². The number of aliphatic carboxylic acids is 2. The Hall–Kier alpha value is -0.542. The Morgan fingerprint density at radius 2 is 1.53 bits per heavy atom. The number of hydrogen-bond donors (Lipinski definition) is 3. The minimum absolute atomic E-state index is 0. The quantitative estimate of drug-likeness (QED) is 0.408. The fourth-order valence-corrected chi connectivity index (χ4v) is 1.24. The maximum atomic E-state index is 9.10. The Morgan fingerprint density at radius 1 is 1.13 bits per heavy atom. The van der Waals surface area contributed by atoms with Gasteiger partial charge in [-0.3, -0.25) is 0 Å². The molecule has 0 aromatic carbocycles. The fraction of sp³-hybridized carbons (Fsp3) is 0.667. The van der Waals surface area contributed by atoms with Gasteiger partial charge in [0.05, 0.1) is 6.92 Å². The second kappa shape index (κ2) is 8.74. The van der Waals surface area contributed by atoms with E-state index in [1.807, 2.05) is 0 Å². The Morgan fingerprint density at radius 3 is 1.73 bits per heavy atom. The molecule has 0 spiro atoms. The number of rotatable bonds is 0. The minimum Gasteiger partial charge on any atom is -0.473 e. The maximum absolute atomic E-state index is 9.10. The molecule has 5 nitrogen and oxygen atoms in total. The van der Waals surface area contributed by atoms with Crippen LogP contribution in [-0.2, 0) is 30.7 Å². The van der Waals surface area contributed by atoms with Crippen molar-refractivity contribution >= 4 is 11.9 Å². The number of carboxylic acids is 2. The molecule has 0 aromatic heterocycles. The van der Waals surface area contributed by atoms with E-state index in [9.17, 15) is 0 Å². The third kappa shape index (κ3) is 8.45. The summed E-state index contributed by atoms with van der Waals surface area (Å²) in [6.45, 7) is 3.95. The van der Waals surface area contributed by atoms with Crippen LogP contribution >= 0.6 is 0 Å². The Balaban J connectivity index is 0. The van der Waals surface area contributed by atoms with Crippen LogP contribution in [0.15, 0.2) is 0 Å². The van der Waals surface area contributed by atoms with Crippen molar-refractivity contribution in [3.63, 3.8) is 0 Å². The van der Waals surface area contributed by atoms with E-state index in [0.29, 0.717) is 12.0 Å². The molecule has 6 heteroatoms. The van der Waals surface area contributed by atoms with Gasteiger partial charge in [-0.1, -0.05) is 6.42 Å². The predicted octanol–water partition coefficient (Wildman–Crippen LogP) is 0.491. The number of hydrogen-bond acceptors (Lipinski definition) is 3. The smallest absolute Gasteiger partial charge is 0.414 e. The normalized spacial score (nSPS) is 24.1. The molecule has 0 aromatic rings. The molecule has 0 heterocycles. The molecular formula is C9H16NO4Pt+. The van der Waals surface area contributed by atoms with E-state index in [0.717, 1.165) is 0 Å². The van der Waals surface area contributed by atoms with E-state index in [2.05, 4.69) is 6.92 Å². The molecular weight excluding hydrogens is 381 g/mol. The summed E-state index contributed by atoms with van der Waals surface area (Å²) >= 11 is 0. The number of nitrogens with two attached hydrogens (primary N) is 1. The Kier molecular flexibility index (Phi) is 9.83. The van der Waals surface area contributed by atoms with Crippen molar-refractivity contribution < 1.29 is 40.9 Å². The van der Waals surface area contributed by atoms with E-state index in [4.69, 9.17) is 25.5 Å². The Bertz CT molecular complexity index is 188. The summed E-state index contributed by atoms with van der Waals surface area (Å²) in [4.78, 5) is 18.2. The van der Waals surface area contributed by atoms with Gasteiger partial charge in [-0.2, -0.15) is 0 Å². The third-order valence-corrected chi connectivity index (χ3v) is 2.15. The van der Waals surface area contributed by atoms with Crippen LogP contribution in [-0.4, -0.2) is 28.2 Å². The Labute approximate surface area is 103 Å². The first-order valence-electron chi connectivity index (χ1n) is 4.50. The second-order valence-electron chi connectivity index (χ2n) is 3.32. The topological polar surface area (TPSA) is 101 Å². The van der Waals surface area contributed by atoms with Crippen molar-refractivity contribution in [3.8, 4) is 0 Å². The molecule has 2 atom stereocenters. The molecule has 0 radical (unpaired) electrons. The zero-order chi connectivity index (χ0) is 11.1. The molecule has 1 fully saturated rings. The van der Waals surface area contributed by atoms with E-state index in [1.54, 1.807) is 0 Å². The standard InChI is InChI=1S/C7H14N.C2H2O4.Pt/c1-6-4-2-3-5-7(6)8;3-1(4)2(5)6;/h6-7H,1-5,8H2;(H,3,4)(H,5,6);/q+1;;/t6?,7-;;/m1../s1. The monoisotopic (exact) mass is 397 g/mol. The molecule has 1 rings (SSSR count). The van der Waals surface area contributed by atoms with Gasteiger partial charge in [0.1, 0.15) is 5.92 Å². The number of carboxylic acid groups (broad SMARTS) is 2. The summed E-state index contributed by atoms with van der Waals surface area (Å²) in [5.41, 5.74) is 5.72. The number of carbonyl (C=O) groups is 2. The summed E-state index contributed by atoms with van der Waals surface area (Å²) < 4.78 is 0. The third-order valence-electron chi connectivity index (χ3n) is 2.15. The van der Waals surface area contributed by atoms with Gasteiger partial charge in [-0.25, -0.2) is 9.59 Å². The zero-order valence-electron chi connectivity index (χ0n) is 8.29. The van der Waals surface area contributed by atoms with Gasteiger partial charge in [0.2, 0.25) is 0 Å². The van der Waals surface area contributed by atoms with Crippen LogP contribution in [0.1, 0.15) is 25.7 Å². The van der Waals surface area contributed by atoms with Gasteiger partial charge in [0, 0.05) is 27.1 Å². The first-order chi connectivity index (χ1) is 6.45. The van der Waals surface area contributed by atoms with Gasteiger partial charge in [-0.15, -0.1) is 0 Å². The largest absolute Gasteiger partial charge is 0.473 e. The maximum Gasteiger partial charge on any atom is 0.414 e. The molecule has 0 amide bonds. The van der Waals surface area contributed by atoms with Crippen LogP contribution in [0.2, 0.25) is 0 Å². The van der Waals surface area contributed by atoms with Crippen molar-refractivity contribution in [3.05, 3.63) is 6.92 Å². The zero-order valence-corrected chi connectivity index (χ0v) is 10.6. The predicted molar refractivity (Wildman–Crippen MR) is 50.6 cm³/mol. The van der Waals surface area contributed by atoms with E-state index < -0.39 is 11.9 Å². The summed E-state index contributed by atoms with van der Waals surface area (Å²) in [6, 6.07) is 0.392. The molecule has 0 aliphatic heterocycles. The molecule has 1 saturated carbocycles. The molecule has 4 N–H and O–H groups in total. The van der Waals surface area contributed by atoms with Crippen LogP contribution < -0.4 is 5.73 Å².